The third-order valence-corrected chi connectivity index (χ3v) is 5.50. The van der Waals surface area contributed by atoms with Crippen molar-refractivity contribution in [2.75, 3.05) is 31.1 Å². The van der Waals surface area contributed by atoms with Crippen molar-refractivity contribution in [1.29, 1.82) is 0 Å². The summed E-state index contributed by atoms with van der Waals surface area (Å²) in [4.78, 5) is 4.94. The molecule has 3 heterocycles. The highest BCUT2D eigenvalue weighted by atomic mass is 15.4. The largest absolute Gasteiger partial charge is 0.369 e. The van der Waals surface area contributed by atoms with Crippen LogP contribution in [0, 0.1) is 20.8 Å². The van der Waals surface area contributed by atoms with Gasteiger partial charge >= 0.3 is 0 Å². The summed E-state index contributed by atoms with van der Waals surface area (Å²) in [6.45, 7) is 11.3. The number of aryl methyl sites for hydroxylation is 3. The van der Waals surface area contributed by atoms with Gasteiger partial charge in [0.05, 0.1) is 12.2 Å². The molecule has 1 saturated heterocycles. The maximum atomic E-state index is 4.43. The second-order valence-electron chi connectivity index (χ2n) is 7.37. The van der Waals surface area contributed by atoms with Gasteiger partial charge in [-0.05, 0) is 38.0 Å². The highest BCUT2D eigenvalue weighted by molar-refractivity contribution is 5.56. The summed E-state index contributed by atoms with van der Waals surface area (Å²) >= 11 is 0. The van der Waals surface area contributed by atoms with Gasteiger partial charge in [-0.3, -0.25) is 14.1 Å². The number of hydrogen-bond acceptors (Lipinski definition) is 5. The number of piperazine rings is 1. The molecule has 1 aliphatic rings. The van der Waals surface area contributed by atoms with Crippen LogP contribution in [0.3, 0.4) is 0 Å². The van der Waals surface area contributed by atoms with Crippen LogP contribution in [0.25, 0.3) is 5.82 Å². The fourth-order valence-electron chi connectivity index (χ4n) is 3.81. The highest BCUT2D eigenvalue weighted by Gasteiger charge is 2.21. The minimum Gasteiger partial charge on any atom is -0.369 e. The van der Waals surface area contributed by atoms with Crippen molar-refractivity contribution in [3.05, 3.63) is 53.2 Å². The summed E-state index contributed by atoms with van der Waals surface area (Å²) in [5, 5.41) is 12.9. The van der Waals surface area contributed by atoms with Crippen molar-refractivity contribution in [2.45, 2.75) is 27.3 Å². The molecule has 142 valence electrons. The lowest BCUT2D eigenvalue weighted by atomic mass is 10.1. The zero-order chi connectivity index (χ0) is 19.0. The van der Waals surface area contributed by atoms with Crippen LogP contribution in [0.4, 0.5) is 5.69 Å². The van der Waals surface area contributed by atoms with Gasteiger partial charge in [-0.25, -0.2) is 0 Å². The maximum absolute atomic E-state index is 4.43. The first-order valence-corrected chi connectivity index (χ1v) is 9.46. The van der Waals surface area contributed by atoms with E-state index in [1.54, 1.807) is 6.33 Å². The van der Waals surface area contributed by atoms with Crippen LogP contribution in [0.15, 0.2) is 30.6 Å². The molecule has 0 bridgehead atoms. The molecule has 0 aliphatic carbocycles. The Bertz CT molecular complexity index is 932. The van der Waals surface area contributed by atoms with Gasteiger partial charge in [0, 0.05) is 45.0 Å². The van der Waals surface area contributed by atoms with Crippen molar-refractivity contribution < 1.29 is 0 Å². The zero-order valence-corrected chi connectivity index (χ0v) is 16.6. The van der Waals surface area contributed by atoms with Gasteiger partial charge in [0.15, 0.2) is 5.82 Å². The Morgan fingerprint density at radius 2 is 1.81 bits per heavy atom. The molecule has 0 radical (unpaired) electrons. The zero-order valence-electron chi connectivity index (χ0n) is 16.6. The Balaban J connectivity index is 1.44. The number of hydrogen-bond donors (Lipinski definition) is 0. The Kier molecular flexibility index (Phi) is 4.70. The standard InChI is InChI=1S/C20H27N7/c1-15-6-5-7-18(17(15)3)26-10-8-25(9-11-26)13-19-22-21-14-27(19)20-12-16(2)23-24(20)4/h5-7,12,14H,8-11,13H2,1-4H3. The normalized spacial score (nSPS) is 15.5. The summed E-state index contributed by atoms with van der Waals surface area (Å²) in [7, 11) is 1.95. The fourth-order valence-corrected chi connectivity index (χ4v) is 3.81. The van der Waals surface area contributed by atoms with Crippen LogP contribution in [0.2, 0.25) is 0 Å². The Morgan fingerprint density at radius 1 is 1.04 bits per heavy atom. The van der Waals surface area contributed by atoms with Crippen LogP contribution in [-0.2, 0) is 13.6 Å². The fraction of sp³-hybridized carbons (Fsp3) is 0.450. The predicted molar refractivity (Wildman–Crippen MR) is 106 cm³/mol. The second kappa shape index (κ2) is 7.15. The quantitative estimate of drug-likeness (QED) is 0.710. The molecule has 7 nitrogen and oxygen atoms in total. The van der Waals surface area contributed by atoms with Crippen LogP contribution >= 0.6 is 0 Å². The summed E-state index contributed by atoms with van der Waals surface area (Å²) in [5.41, 5.74) is 5.10. The minimum atomic E-state index is 0.796. The first-order chi connectivity index (χ1) is 13.0. The molecule has 3 aromatic rings. The van der Waals surface area contributed by atoms with Gasteiger partial charge in [0.1, 0.15) is 12.1 Å². The van der Waals surface area contributed by atoms with E-state index >= 15 is 0 Å². The van der Waals surface area contributed by atoms with Crippen molar-refractivity contribution in [3.63, 3.8) is 0 Å². The lowest BCUT2D eigenvalue weighted by Crippen LogP contribution is -2.46. The molecule has 0 atom stereocenters. The average Bonchev–Trinajstić information content (AvgIpc) is 3.23. The van der Waals surface area contributed by atoms with Gasteiger partial charge in [-0.1, -0.05) is 12.1 Å². The van der Waals surface area contributed by atoms with E-state index in [2.05, 4.69) is 63.2 Å². The van der Waals surface area contributed by atoms with E-state index in [-0.39, 0.29) is 0 Å². The van der Waals surface area contributed by atoms with Gasteiger partial charge < -0.3 is 4.90 Å². The van der Waals surface area contributed by atoms with Gasteiger partial charge in [0.2, 0.25) is 0 Å². The molecule has 0 N–H and O–H groups in total. The van der Waals surface area contributed by atoms with E-state index in [1.807, 2.05) is 23.2 Å². The highest BCUT2D eigenvalue weighted by Crippen LogP contribution is 2.24. The molecule has 7 heteroatoms. The summed E-state index contributed by atoms with van der Waals surface area (Å²) in [6.07, 6.45) is 1.78. The molecule has 2 aromatic heterocycles. The molecule has 0 amide bonds. The van der Waals surface area contributed by atoms with Crippen LogP contribution in [0.1, 0.15) is 22.6 Å². The average molecular weight is 365 g/mol. The molecule has 27 heavy (non-hydrogen) atoms. The molecule has 0 unspecified atom stereocenters. The molecular formula is C20H27N7. The van der Waals surface area contributed by atoms with Gasteiger partial charge in [0.25, 0.3) is 0 Å². The van der Waals surface area contributed by atoms with Crippen molar-refractivity contribution in [3.8, 4) is 5.82 Å². The lowest BCUT2D eigenvalue weighted by molar-refractivity contribution is 0.242. The van der Waals surface area contributed by atoms with Crippen molar-refractivity contribution in [1.82, 2.24) is 29.4 Å². The van der Waals surface area contributed by atoms with Crippen molar-refractivity contribution in [2.24, 2.45) is 7.05 Å². The SMILES string of the molecule is Cc1cc(-n2cnnc2CN2CCN(c3cccc(C)c3C)CC2)n(C)n1. The van der Waals surface area contributed by atoms with Crippen LogP contribution in [0.5, 0.6) is 0 Å². The van der Waals surface area contributed by atoms with Crippen LogP contribution < -0.4 is 4.90 Å². The first kappa shape index (κ1) is 17.7. The van der Waals surface area contributed by atoms with Gasteiger partial charge in [-0.2, -0.15) is 5.10 Å². The van der Waals surface area contributed by atoms with E-state index in [1.165, 1.54) is 16.8 Å². The number of rotatable bonds is 4. The minimum absolute atomic E-state index is 0.796. The number of nitrogens with zero attached hydrogens (tertiary/aromatic N) is 7. The predicted octanol–water partition coefficient (Wildman–Crippen LogP) is 2.25. The summed E-state index contributed by atoms with van der Waals surface area (Å²) in [6, 6.07) is 8.63. The topological polar surface area (TPSA) is 55.0 Å². The Morgan fingerprint density at radius 3 is 2.52 bits per heavy atom. The van der Waals surface area contributed by atoms with E-state index in [0.717, 1.165) is 50.1 Å². The van der Waals surface area contributed by atoms with E-state index < -0.39 is 0 Å². The van der Waals surface area contributed by atoms with Crippen molar-refractivity contribution >= 4 is 5.69 Å². The maximum Gasteiger partial charge on any atom is 0.152 e. The molecule has 0 spiro atoms. The number of anilines is 1. The van der Waals surface area contributed by atoms with E-state index in [9.17, 15) is 0 Å². The van der Waals surface area contributed by atoms with E-state index in [0.29, 0.717) is 0 Å². The smallest absolute Gasteiger partial charge is 0.152 e. The van der Waals surface area contributed by atoms with Gasteiger partial charge in [-0.15, -0.1) is 10.2 Å². The Labute approximate surface area is 160 Å². The first-order valence-electron chi connectivity index (χ1n) is 9.46. The molecule has 0 saturated carbocycles. The molecule has 4 rings (SSSR count). The molecule has 1 aromatic carbocycles. The third kappa shape index (κ3) is 3.47. The monoisotopic (exact) mass is 365 g/mol. The second-order valence-corrected chi connectivity index (χ2v) is 7.37. The molecule has 1 fully saturated rings. The molecule has 1 aliphatic heterocycles. The number of benzene rings is 1. The Hall–Kier alpha value is -2.67. The number of aromatic nitrogens is 5. The summed E-state index contributed by atoms with van der Waals surface area (Å²) < 4.78 is 3.91. The molecular weight excluding hydrogens is 338 g/mol. The third-order valence-electron chi connectivity index (χ3n) is 5.50. The van der Waals surface area contributed by atoms with E-state index in [4.69, 9.17) is 0 Å². The van der Waals surface area contributed by atoms with Crippen LogP contribution in [-0.4, -0.2) is 55.6 Å². The summed E-state index contributed by atoms with van der Waals surface area (Å²) in [5.74, 6) is 1.96. The lowest BCUT2D eigenvalue weighted by Gasteiger charge is -2.36.